The minimum atomic E-state index is -0.482. The van der Waals surface area contributed by atoms with Gasteiger partial charge in [0.25, 0.3) is 0 Å². The average molecular weight is 768 g/mol. The van der Waals surface area contributed by atoms with Gasteiger partial charge in [-0.15, -0.1) is 0 Å². The predicted molar refractivity (Wildman–Crippen MR) is 59.2 cm³/mol. The monoisotopic (exact) mass is 771 g/mol. The van der Waals surface area contributed by atoms with Crippen LogP contribution in [0.25, 0.3) is 0 Å². The van der Waals surface area contributed by atoms with Crippen molar-refractivity contribution in [2.24, 2.45) is 0 Å². The Morgan fingerprint density at radius 3 is 2.08 bits per heavy atom. The molecule has 6 heteroatoms. The molecule has 1 fully saturated rings. The van der Waals surface area contributed by atoms with E-state index >= 15 is 0 Å². The number of halogens is 2. The molecule has 0 spiro atoms. The predicted octanol–water partition coefficient (Wildman–Crippen LogP) is 2.04. The van der Waals surface area contributed by atoms with Crippen LogP contribution in [-0.2, 0) is 45.2 Å². The first-order valence-corrected chi connectivity index (χ1v) is 43.1. The van der Waals surface area contributed by atoms with Crippen LogP contribution in [-0.4, -0.2) is 25.3 Å². The summed E-state index contributed by atoms with van der Waals surface area (Å²) in [6, 6.07) is 0. The van der Waals surface area contributed by atoms with E-state index in [1.165, 1.54) is 7.86 Å². The van der Waals surface area contributed by atoms with Crippen LogP contribution in [0.3, 0.4) is 0 Å². The zero-order chi connectivity index (χ0) is 8.81. The second-order valence-electron chi connectivity index (χ2n) is 2.99. The molecular weight excluding hydrogens is 757 g/mol. The molecule has 64 valence electrons. The van der Waals surface area contributed by atoms with E-state index in [0.717, 1.165) is 13.1 Å². The fourth-order valence-electron chi connectivity index (χ4n) is 1.36. The van der Waals surface area contributed by atoms with E-state index in [1.54, 1.807) is 0 Å². The van der Waals surface area contributed by atoms with Crippen molar-refractivity contribution in [1.82, 2.24) is 5.32 Å². The summed E-state index contributed by atoms with van der Waals surface area (Å²) in [5, 5.41) is 3.49. The van der Waals surface area contributed by atoms with Gasteiger partial charge in [0.15, 0.2) is 0 Å². The molecule has 2 unspecified atom stereocenters. The Morgan fingerprint density at radius 2 is 1.67 bits per heavy atom. The van der Waals surface area contributed by atoms with Gasteiger partial charge in [-0.25, -0.2) is 0 Å². The Kier molecular flexibility index (Phi) is 9.33. The Bertz CT molecular complexity index is 114. The molecule has 1 aliphatic heterocycles. The molecule has 0 amide bonds. The normalized spacial score (nSPS) is 29.2. The second kappa shape index (κ2) is 8.41. The Labute approximate surface area is 116 Å². The third-order valence-electron chi connectivity index (χ3n) is 1.99. The maximum absolute atomic E-state index is 6.01. The molecule has 0 aromatic carbocycles. The van der Waals surface area contributed by atoms with Gasteiger partial charge in [0.1, 0.15) is 0 Å². The standard InChI is InChI=1S/C6H11NO.2Hg.2HI/c1-5-3-7-4-6(2)8-5;;;;/h5-7H,1-4H2;;;2*1H/q;2*+1;;/p-2. The molecular formula is C6H11Hg2I2NO. The first-order valence-electron chi connectivity index (χ1n) is 4.35. The van der Waals surface area contributed by atoms with E-state index in [4.69, 9.17) is 4.74 Å². The SMILES string of the molecule is [I][Hg][CH2]C1CNCC([CH2][Hg][I])O1. The van der Waals surface area contributed by atoms with Crippen LogP contribution in [0.2, 0.25) is 7.86 Å². The van der Waals surface area contributed by atoms with Gasteiger partial charge in [0.2, 0.25) is 0 Å². The average Bonchev–Trinajstić information content (AvgIpc) is 2.06. The summed E-state index contributed by atoms with van der Waals surface area (Å²) < 4.78 is 8.87. The van der Waals surface area contributed by atoms with Crippen molar-refractivity contribution in [3.05, 3.63) is 0 Å². The quantitative estimate of drug-likeness (QED) is 0.350. The van der Waals surface area contributed by atoms with E-state index in [2.05, 4.69) is 40.6 Å². The summed E-state index contributed by atoms with van der Waals surface area (Å²) in [7, 11) is 0. The first-order chi connectivity index (χ1) is 5.86. The Morgan fingerprint density at radius 1 is 1.17 bits per heavy atom. The van der Waals surface area contributed by atoms with Crippen molar-refractivity contribution >= 4 is 35.3 Å². The summed E-state index contributed by atoms with van der Waals surface area (Å²) >= 11 is 4.33. The zero-order valence-electron chi connectivity index (χ0n) is 7.06. The van der Waals surface area contributed by atoms with Crippen LogP contribution in [0.15, 0.2) is 0 Å². The number of ether oxygens (including phenoxy) is 1. The van der Waals surface area contributed by atoms with Crippen LogP contribution < -0.4 is 5.32 Å². The van der Waals surface area contributed by atoms with Gasteiger partial charge in [-0.3, -0.25) is 0 Å². The van der Waals surface area contributed by atoms with Crippen molar-refractivity contribution in [3.63, 3.8) is 0 Å². The van der Waals surface area contributed by atoms with Gasteiger partial charge in [0.05, 0.1) is 0 Å². The summed E-state index contributed by atoms with van der Waals surface area (Å²) in [4.78, 5) is 0. The van der Waals surface area contributed by atoms with Gasteiger partial charge in [-0.05, 0) is 0 Å². The molecule has 1 N–H and O–H groups in total. The van der Waals surface area contributed by atoms with Crippen LogP contribution >= 0.6 is 35.3 Å². The third kappa shape index (κ3) is 5.37. The van der Waals surface area contributed by atoms with Crippen molar-refractivity contribution in [1.29, 1.82) is 0 Å². The minimum absolute atomic E-state index is 0.482. The number of hydrogen-bond donors (Lipinski definition) is 1. The van der Waals surface area contributed by atoms with Gasteiger partial charge >= 0.3 is 119 Å². The summed E-state index contributed by atoms with van der Waals surface area (Å²) in [6.07, 6.45) is 1.19. The number of hydrogen-bond acceptors (Lipinski definition) is 2. The Hall–Kier alpha value is 3.25. The van der Waals surface area contributed by atoms with Crippen LogP contribution in [0.4, 0.5) is 0 Å². The molecule has 0 bridgehead atoms. The van der Waals surface area contributed by atoms with Gasteiger partial charge in [-0.2, -0.15) is 0 Å². The number of morpholine rings is 1. The third-order valence-corrected chi connectivity index (χ3v) is 19.6. The Balaban J connectivity index is 2.20. The van der Waals surface area contributed by atoms with Crippen molar-refractivity contribution in [3.8, 4) is 0 Å². The van der Waals surface area contributed by atoms with Crippen molar-refractivity contribution in [2.75, 3.05) is 13.1 Å². The summed E-state index contributed by atoms with van der Waals surface area (Å²) in [5.74, 6) is 0. The van der Waals surface area contributed by atoms with Crippen LogP contribution in [0.5, 0.6) is 0 Å². The van der Waals surface area contributed by atoms with Gasteiger partial charge in [-0.1, -0.05) is 0 Å². The van der Waals surface area contributed by atoms with Crippen molar-refractivity contribution in [2.45, 2.75) is 20.1 Å². The van der Waals surface area contributed by atoms with E-state index in [0.29, 0.717) is 12.2 Å². The van der Waals surface area contributed by atoms with E-state index in [9.17, 15) is 0 Å². The molecule has 0 aromatic heterocycles. The van der Waals surface area contributed by atoms with E-state index < -0.39 is 40.5 Å². The molecule has 0 aliphatic carbocycles. The van der Waals surface area contributed by atoms with Crippen molar-refractivity contribution < 1.29 is 45.2 Å². The molecule has 1 aliphatic rings. The molecule has 0 radical (unpaired) electrons. The fraction of sp³-hybridized carbons (Fsp3) is 1.00. The number of nitrogens with one attached hydrogen (secondary N) is 1. The molecule has 2 atom stereocenters. The molecule has 1 heterocycles. The fourth-order valence-corrected chi connectivity index (χ4v) is 18.1. The molecule has 0 saturated carbocycles. The zero-order valence-corrected chi connectivity index (χ0v) is 22.4. The maximum atomic E-state index is 6.01. The molecule has 2 nitrogen and oxygen atoms in total. The summed E-state index contributed by atoms with van der Waals surface area (Å²) in [5.41, 5.74) is 0. The van der Waals surface area contributed by atoms with Crippen LogP contribution in [0, 0.1) is 0 Å². The van der Waals surface area contributed by atoms with E-state index in [-0.39, 0.29) is 0 Å². The topological polar surface area (TPSA) is 21.3 Å². The molecule has 12 heavy (non-hydrogen) atoms. The number of rotatable bonds is 4. The first kappa shape index (κ1) is 13.3. The second-order valence-corrected chi connectivity index (χ2v) is 29.4. The molecule has 1 rings (SSSR count). The van der Waals surface area contributed by atoms with Gasteiger partial charge in [0, 0.05) is 0 Å². The summed E-state index contributed by atoms with van der Waals surface area (Å²) in [6.45, 7) is 2.25. The van der Waals surface area contributed by atoms with E-state index in [1.807, 2.05) is 0 Å². The van der Waals surface area contributed by atoms with Gasteiger partial charge < -0.3 is 0 Å². The van der Waals surface area contributed by atoms with Crippen LogP contribution in [0.1, 0.15) is 0 Å². The molecule has 0 aromatic rings. The molecule has 1 saturated heterocycles.